The standard InChI is InChI=1S/C12H20ClN3O3/c1-8(13)11(18)15-12(19)16-5-3-10(4-6-16)7-14-9(2)17/h8,10H,3-7H2,1-2H3,(H,14,17)(H,15,18,19). The second-order valence-corrected chi connectivity index (χ2v) is 5.43. The Morgan fingerprint density at radius 1 is 1.32 bits per heavy atom. The zero-order valence-corrected chi connectivity index (χ0v) is 12.0. The van der Waals surface area contributed by atoms with Gasteiger partial charge in [0.2, 0.25) is 11.8 Å². The molecule has 1 fully saturated rings. The summed E-state index contributed by atoms with van der Waals surface area (Å²) < 4.78 is 0. The second kappa shape index (κ2) is 7.33. The van der Waals surface area contributed by atoms with Crippen LogP contribution >= 0.6 is 11.6 Å². The van der Waals surface area contributed by atoms with Crippen LogP contribution in [0.2, 0.25) is 0 Å². The lowest BCUT2D eigenvalue weighted by Crippen LogP contribution is -2.48. The van der Waals surface area contributed by atoms with Crippen molar-refractivity contribution in [3.8, 4) is 0 Å². The predicted molar refractivity (Wildman–Crippen MR) is 71.8 cm³/mol. The minimum absolute atomic E-state index is 0.0399. The van der Waals surface area contributed by atoms with E-state index in [1.807, 2.05) is 0 Å². The van der Waals surface area contributed by atoms with Crippen LogP contribution < -0.4 is 10.6 Å². The van der Waals surface area contributed by atoms with Gasteiger partial charge < -0.3 is 10.2 Å². The van der Waals surface area contributed by atoms with Gasteiger partial charge >= 0.3 is 6.03 Å². The van der Waals surface area contributed by atoms with E-state index in [0.717, 1.165) is 12.8 Å². The number of nitrogens with one attached hydrogen (secondary N) is 2. The highest BCUT2D eigenvalue weighted by atomic mass is 35.5. The summed E-state index contributed by atoms with van der Waals surface area (Å²) in [4.78, 5) is 35.5. The minimum atomic E-state index is -0.721. The molecule has 1 heterocycles. The highest BCUT2D eigenvalue weighted by Gasteiger charge is 2.24. The lowest BCUT2D eigenvalue weighted by atomic mass is 9.97. The van der Waals surface area contributed by atoms with Crippen LogP contribution in [-0.4, -0.2) is 47.8 Å². The maximum Gasteiger partial charge on any atom is 0.324 e. The molecule has 1 rings (SSSR count). The van der Waals surface area contributed by atoms with E-state index >= 15 is 0 Å². The smallest absolute Gasteiger partial charge is 0.324 e. The summed E-state index contributed by atoms with van der Waals surface area (Å²) in [5, 5.41) is 4.32. The molecule has 1 aliphatic heterocycles. The van der Waals surface area contributed by atoms with E-state index in [0.29, 0.717) is 25.6 Å². The van der Waals surface area contributed by atoms with E-state index in [1.54, 1.807) is 4.90 Å². The third kappa shape index (κ3) is 5.46. The molecule has 19 heavy (non-hydrogen) atoms. The van der Waals surface area contributed by atoms with Gasteiger partial charge in [-0.3, -0.25) is 14.9 Å². The van der Waals surface area contributed by atoms with Gasteiger partial charge in [-0.05, 0) is 25.7 Å². The topological polar surface area (TPSA) is 78.5 Å². The fourth-order valence-corrected chi connectivity index (χ4v) is 1.97. The van der Waals surface area contributed by atoms with Crippen molar-refractivity contribution in [1.29, 1.82) is 0 Å². The van der Waals surface area contributed by atoms with Crippen LogP contribution in [-0.2, 0) is 9.59 Å². The molecule has 7 heteroatoms. The highest BCUT2D eigenvalue weighted by Crippen LogP contribution is 2.16. The van der Waals surface area contributed by atoms with Gasteiger partial charge in [-0.2, -0.15) is 0 Å². The molecule has 0 aliphatic carbocycles. The summed E-state index contributed by atoms with van der Waals surface area (Å²) in [6, 6.07) is -0.393. The van der Waals surface area contributed by atoms with Crippen molar-refractivity contribution in [2.24, 2.45) is 5.92 Å². The first-order chi connectivity index (χ1) is 8.90. The molecule has 1 unspecified atom stereocenters. The summed E-state index contributed by atoms with van der Waals surface area (Å²) in [5.74, 6) is -0.135. The Balaban J connectivity index is 2.31. The number of alkyl halides is 1. The van der Waals surface area contributed by atoms with Crippen LogP contribution in [0, 0.1) is 5.92 Å². The van der Waals surface area contributed by atoms with Crippen molar-refractivity contribution in [2.45, 2.75) is 32.1 Å². The predicted octanol–water partition coefficient (Wildman–Crippen LogP) is 0.698. The summed E-state index contributed by atoms with van der Waals surface area (Å²) in [6.45, 7) is 4.81. The molecule has 6 nitrogen and oxygen atoms in total. The Morgan fingerprint density at radius 2 is 1.89 bits per heavy atom. The number of rotatable bonds is 3. The lowest BCUT2D eigenvalue weighted by molar-refractivity contribution is -0.120. The van der Waals surface area contributed by atoms with Crippen molar-refractivity contribution >= 4 is 29.4 Å². The van der Waals surface area contributed by atoms with Crippen molar-refractivity contribution in [3.05, 3.63) is 0 Å². The maximum atomic E-state index is 11.8. The number of carbonyl (C=O) groups is 3. The van der Waals surface area contributed by atoms with E-state index in [4.69, 9.17) is 11.6 Å². The van der Waals surface area contributed by atoms with Crippen molar-refractivity contribution < 1.29 is 14.4 Å². The first kappa shape index (κ1) is 15.8. The summed E-state index contributed by atoms with van der Waals surface area (Å²) in [6.07, 6.45) is 1.64. The Hall–Kier alpha value is -1.30. The van der Waals surface area contributed by atoms with Gasteiger partial charge in [0.25, 0.3) is 0 Å². The molecule has 1 aliphatic rings. The average molecular weight is 290 g/mol. The van der Waals surface area contributed by atoms with E-state index < -0.39 is 17.3 Å². The number of likely N-dealkylation sites (tertiary alicyclic amines) is 1. The molecule has 0 aromatic rings. The van der Waals surface area contributed by atoms with Gasteiger partial charge in [-0.15, -0.1) is 11.6 Å². The van der Waals surface area contributed by atoms with Crippen LogP contribution in [0.25, 0.3) is 0 Å². The quantitative estimate of drug-likeness (QED) is 0.751. The molecular weight excluding hydrogens is 270 g/mol. The Morgan fingerprint density at radius 3 is 2.37 bits per heavy atom. The molecule has 0 radical (unpaired) electrons. The van der Waals surface area contributed by atoms with Gasteiger partial charge in [0.1, 0.15) is 5.38 Å². The Kier molecular flexibility index (Phi) is 6.08. The number of piperidine rings is 1. The van der Waals surface area contributed by atoms with Gasteiger partial charge in [0, 0.05) is 26.6 Å². The molecule has 4 amide bonds. The molecule has 0 aromatic heterocycles. The number of imide groups is 1. The molecule has 0 spiro atoms. The van der Waals surface area contributed by atoms with Crippen LogP contribution in [0.1, 0.15) is 26.7 Å². The van der Waals surface area contributed by atoms with Crippen LogP contribution in [0.15, 0.2) is 0 Å². The normalized spacial score (nSPS) is 17.7. The van der Waals surface area contributed by atoms with Gasteiger partial charge in [0.05, 0.1) is 0 Å². The molecule has 108 valence electrons. The molecule has 0 bridgehead atoms. The van der Waals surface area contributed by atoms with Crippen LogP contribution in [0.3, 0.4) is 0 Å². The number of amides is 4. The first-order valence-corrected chi connectivity index (χ1v) is 6.82. The van der Waals surface area contributed by atoms with Gasteiger partial charge in [-0.25, -0.2) is 4.79 Å². The Bertz CT molecular complexity index is 352. The van der Waals surface area contributed by atoms with Gasteiger partial charge in [0.15, 0.2) is 0 Å². The molecule has 1 atom stereocenters. The summed E-state index contributed by atoms with van der Waals surface area (Å²) in [7, 11) is 0. The van der Waals surface area contributed by atoms with Crippen LogP contribution in [0.5, 0.6) is 0 Å². The van der Waals surface area contributed by atoms with E-state index in [2.05, 4.69) is 10.6 Å². The molecular formula is C12H20ClN3O3. The lowest BCUT2D eigenvalue weighted by Gasteiger charge is -2.31. The number of carbonyl (C=O) groups excluding carboxylic acids is 3. The molecule has 1 saturated heterocycles. The maximum absolute atomic E-state index is 11.8. The zero-order valence-electron chi connectivity index (χ0n) is 11.2. The zero-order chi connectivity index (χ0) is 14.4. The van der Waals surface area contributed by atoms with E-state index in [1.165, 1.54) is 13.8 Å². The molecule has 0 aromatic carbocycles. The monoisotopic (exact) mass is 289 g/mol. The average Bonchev–Trinajstić information content (AvgIpc) is 2.36. The number of hydrogen-bond donors (Lipinski definition) is 2. The van der Waals surface area contributed by atoms with Gasteiger partial charge in [-0.1, -0.05) is 0 Å². The van der Waals surface area contributed by atoms with E-state index in [-0.39, 0.29) is 5.91 Å². The number of halogens is 1. The van der Waals surface area contributed by atoms with Crippen LogP contribution in [0.4, 0.5) is 4.79 Å². The number of hydrogen-bond acceptors (Lipinski definition) is 3. The van der Waals surface area contributed by atoms with Crippen molar-refractivity contribution in [2.75, 3.05) is 19.6 Å². The van der Waals surface area contributed by atoms with E-state index in [9.17, 15) is 14.4 Å². The minimum Gasteiger partial charge on any atom is -0.356 e. The van der Waals surface area contributed by atoms with Crippen molar-refractivity contribution in [1.82, 2.24) is 15.5 Å². The fourth-order valence-electron chi connectivity index (χ4n) is 1.91. The molecule has 2 N–H and O–H groups in total. The second-order valence-electron chi connectivity index (χ2n) is 4.78. The SMILES string of the molecule is CC(=O)NCC1CCN(C(=O)NC(=O)C(C)Cl)CC1. The Labute approximate surface area is 117 Å². The number of nitrogens with zero attached hydrogens (tertiary/aromatic N) is 1. The third-order valence-corrected chi connectivity index (χ3v) is 3.33. The molecule has 0 saturated carbocycles. The highest BCUT2D eigenvalue weighted by molar-refractivity contribution is 6.31. The summed E-state index contributed by atoms with van der Waals surface area (Å²) >= 11 is 5.58. The van der Waals surface area contributed by atoms with Crippen molar-refractivity contribution in [3.63, 3.8) is 0 Å². The fraction of sp³-hybridized carbons (Fsp3) is 0.750. The third-order valence-electron chi connectivity index (χ3n) is 3.13. The largest absolute Gasteiger partial charge is 0.356 e. The first-order valence-electron chi connectivity index (χ1n) is 6.38. The number of urea groups is 1. The summed E-state index contributed by atoms with van der Waals surface area (Å²) in [5.41, 5.74) is 0.